The SMILES string of the molecule is CC(C)CC(=O)OC(C)C.CC(C)CCC(=O)OC(C)C.CC(C)CCCC(=O)OC(C)C.CC(C)CCCC(=O)OCC(C)C.CC(C)CCCCC(=O)OC(C)C.CC(C)OC(=O)C(F)(F)C(C)C.CC(C)OC(=O)CCC(=O)C(C)C.CC(C)OC(=O)CCCC(=O)C(C)C. The van der Waals surface area contributed by atoms with Crippen molar-refractivity contribution in [1.82, 2.24) is 0 Å². The Labute approximate surface area is 597 Å². The minimum absolute atomic E-state index is 0.00634. The van der Waals surface area contributed by atoms with E-state index in [2.05, 4.69) is 60.1 Å². The second-order valence-electron chi connectivity index (χ2n) is 29.9. The monoisotopic (exact) mass is 1410 g/mol. The Morgan fingerprint density at radius 3 is 0.857 bits per heavy atom. The van der Waals surface area contributed by atoms with Crippen molar-refractivity contribution < 1.29 is 94.6 Å². The smallest absolute Gasteiger partial charge is 0.377 e. The lowest BCUT2D eigenvalue weighted by Gasteiger charge is -2.19. The first-order valence-corrected chi connectivity index (χ1v) is 36.7. The Bertz CT molecular complexity index is 2010. The van der Waals surface area contributed by atoms with Crippen molar-refractivity contribution in [2.75, 3.05) is 6.61 Å². The summed E-state index contributed by atoms with van der Waals surface area (Å²) in [5.74, 6) is -2.77. The topological polar surface area (TPSA) is 245 Å². The molecule has 0 aliphatic carbocycles. The molecular formula is C78H150F2O18. The van der Waals surface area contributed by atoms with Crippen molar-refractivity contribution >= 4 is 59.3 Å². The molecule has 0 radical (unpaired) electrons. The summed E-state index contributed by atoms with van der Waals surface area (Å²) in [6.07, 6.45) is 12.5. The minimum atomic E-state index is -3.37. The summed E-state index contributed by atoms with van der Waals surface area (Å²) in [5.41, 5.74) is 0. The Balaban J connectivity index is -0.000000158. The number of ether oxygens (including phenoxy) is 8. The molecule has 0 amide bonds. The van der Waals surface area contributed by atoms with Gasteiger partial charge in [0, 0.05) is 69.1 Å². The maximum Gasteiger partial charge on any atom is 0.377 e. The van der Waals surface area contributed by atoms with Crippen LogP contribution < -0.4 is 0 Å². The van der Waals surface area contributed by atoms with Crippen molar-refractivity contribution in [3.05, 3.63) is 0 Å². The number of alkyl halides is 2. The lowest BCUT2D eigenvalue weighted by molar-refractivity contribution is -0.182. The average molecular weight is 1410 g/mol. The molecule has 0 fully saturated rings. The van der Waals surface area contributed by atoms with Crippen LogP contribution in [0.2, 0.25) is 0 Å². The van der Waals surface area contributed by atoms with E-state index in [4.69, 9.17) is 33.2 Å². The molecule has 0 heterocycles. The van der Waals surface area contributed by atoms with E-state index in [0.717, 1.165) is 50.9 Å². The van der Waals surface area contributed by atoms with Gasteiger partial charge in [-0.2, -0.15) is 8.78 Å². The molecule has 0 aromatic carbocycles. The first-order chi connectivity index (χ1) is 44.7. The summed E-state index contributed by atoms with van der Waals surface area (Å²) in [4.78, 5) is 110. The van der Waals surface area contributed by atoms with Crippen LogP contribution in [-0.2, 0) is 85.8 Å². The van der Waals surface area contributed by atoms with Gasteiger partial charge < -0.3 is 37.9 Å². The van der Waals surface area contributed by atoms with Crippen LogP contribution in [0.15, 0.2) is 0 Å². The van der Waals surface area contributed by atoms with Gasteiger partial charge in [0.05, 0.1) is 55.8 Å². The summed E-state index contributed by atoms with van der Waals surface area (Å²) in [5, 5.41) is 0. The molecule has 584 valence electrons. The van der Waals surface area contributed by atoms with E-state index in [9.17, 15) is 56.7 Å². The molecule has 0 aliphatic rings. The first-order valence-electron chi connectivity index (χ1n) is 36.7. The van der Waals surface area contributed by atoms with E-state index in [-0.39, 0.29) is 108 Å². The molecule has 0 rings (SSSR count). The van der Waals surface area contributed by atoms with Crippen LogP contribution in [0.3, 0.4) is 0 Å². The number of hydrogen-bond acceptors (Lipinski definition) is 18. The zero-order valence-corrected chi connectivity index (χ0v) is 68.3. The van der Waals surface area contributed by atoms with E-state index in [1.807, 2.05) is 125 Å². The summed E-state index contributed by atoms with van der Waals surface area (Å²) < 4.78 is 64.8. The summed E-state index contributed by atoms with van der Waals surface area (Å²) in [6, 6.07) is 0. The molecule has 0 unspecified atom stereocenters. The number of hydrogen-bond donors (Lipinski definition) is 0. The normalized spacial score (nSPS) is 11.0. The molecule has 0 aliphatic heterocycles. The maximum absolute atomic E-state index is 12.8. The van der Waals surface area contributed by atoms with E-state index in [0.29, 0.717) is 94.0 Å². The number of rotatable bonds is 38. The van der Waals surface area contributed by atoms with Crippen LogP contribution in [0.25, 0.3) is 0 Å². The summed E-state index contributed by atoms with van der Waals surface area (Å²) >= 11 is 0. The van der Waals surface area contributed by atoms with Gasteiger partial charge in [-0.1, -0.05) is 150 Å². The van der Waals surface area contributed by atoms with Crippen molar-refractivity contribution in [3.63, 3.8) is 0 Å². The van der Waals surface area contributed by atoms with Gasteiger partial charge in [-0.25, -0.2) is 4.79 Å². The lowest BCUT2D eigenvalue weighted by Crippen LogP contribution is -2.37. The second-order valence-corrected chi connectivity index (χ2v) is 29.9. The molecule has 0 saturated heterocycles. The number of esters is 8. The van der Waals surface area contributed by atoms with Gasteiger partial charge in [0.15, 0.2) is 0 Å². The third kappa shape index (κ3) is 97.3. The molecule has 0 spiro atoms. The van der Waals surface area contributed by atoms with Gasteiger partial charge in [-0.3, -0.25) is 43.2 Å². The highest BCUT2D eigenvalue weighted by Gasteiger charge is 2.44. The van der Waals surface area contributed by atoms with E-state index < -0.39 is 23.9 Å². The minimum Gasteiger partial charge on any atom is -0.465 e. The molecule has 20 heteroatoms. The molecule has 18 nitrogen and oxygen atoms in total. The third-order valence-corrected chi connectivity index (χ3v) is 12.0. The Kier molecular flexibility index (Phi) is 75.3. The highest BCUT2D eigenvalue weighted by molar-refractivity contribution is 5.84. The number of Topliss-reactive ketones (excluding diaryl/α,β-unsaturated/α-hetero) is 2. The largest absolute Gasteiger partial charge is 0.465 e. The quantitative estimate of drug-likeness (QED) is 0.0317. The molecule has 0 atom stereocenters. The van der Waals surface area contributed by atoms with Gasteiger partial charge in [0.2, 0.25) is 0 Å². The maximum atomic E-state index is 12.8. The zero-order valence-electron chi connectivity index (χ0n) is 68.3. The number of unbranched alkanes of at least 4 members (excludes halogenated alkanes) is 1. The fraction of sp³-hybridized carbons (Fsp3) is 0.872. The van der Waals surface area contributed by atoms with Gasteiger partial charge in [-0.05, 0) is 165 Å². The highest BCUT2D eigenvalue weighted by atomic mass is 19.3. The molecule has 0 aromatic heterocycles. The molecule has 0 N–H and O–H groups in total. The predicted molar refractivity (Wildman–Crippen MR) is 391 cm³/mol. The van der Waals surface area contributed by atoms with Crippen LogP contribution in [0.1, 0.15) is 337 Å². The fourth-order valence-electron chi connectivity index (χ4n) is 6.86. The molecule has 0 aromatic rings. The zero-order chi connectivity index (χ0) is 78.6. The van der Waals surface area contributed by atoms with Gasteiger partial charge >= 0.3 is 53.7 Å². The van der Waals surface area contributed by atoms with Crippen LogP contribution in [0.4, 0.5) is 8.78 Å². The molecular weight excluding hydrogens is 1260 g/mol. The van der Waals surface area contributed by atoms with Crippen molar-refractivity contribution in [2.45, 2.75) is 386 Å². The Morgan fingerprint density at radius 1 is 0.265 bits per heavy atom. The summed E-state index contributed by atoms with van der Waals surface area (Å²) in [7, 11) is 0. The average Bonchev–Trinajstić information content (AvgIpc) is 0.872. The van der Waals surface area contributed by atoms with Gasteiger partial charge in [-0.15, -0.1) is 0 Å². The van der Waals surface area contributed by atoms with E-state index >= 15 is 0 Å². The van der Waals surface area contributed by atoms with Crippen molar-refractivity contribution in [2.24, 2.45) is 53.3 Å². The molecule has 0 saturated carbocycles. The van der Waals surface area contributed by atoms with Crippen LogP contribution in [0.5, 0.6) is 0 Å². The number of carbonyl (C=O) groups excluding carboxylic acids is 10. The number of carbonyl (C=O) groups is 10. The molecule has 98 heavy (non-hydrogen) atoms. The van der Waals surface area contributed by atoms with Crippen LogP contribution in [-0.4, -0.2) is 115 Å². The molecule has 0 bridgehead atoms. The third-order valence-electron chi connectivity index (χ3n) is 12.0. The predicted octanol–water partition coefficient (Wildman–Crippen LogP) is 19.8. The Morgan fingerprint density at radius 2 is 0.551 bits per heavy atom. The van der Waals surface area contributed by atoms with Crippen LogP contribution in [0, 0.1) is 53.3 Å². The second kappa shape index (κ2) is 67.8. The standard InChI is InChI=1S/C11H20O3.2C11H22O2.C10H18O3.C10H20O2.C9H18O2.C8H14F2O2.C8H16O2/c1-8(2)10(12)6-5-7-11(13)14-9(3)4;1-9(2)6-5-7-11(12)13-8-10(3)4;1-9(2)7-5-6-8-11(12)13-10(3)4;1-7(2)9(11)5-6-10(12)13-8(3)4;1-8(2)6-5-7-10(11)12-9(3)4;1-7(2)5-6-9(10)11-8(3)4;1-5(2)8(9,10)7(11)12-6(3)4;1-6(2)5-8(9)10-7(3)4/h8-9H,5-7H2,1-4H3;2*9-10H,5-8H2,1-4H3;7-8H,5-6H2,1-4H3;8-9H,5-7H2,1-4H3;7-8H,5-6H2,1-4H3;5-6H,1-4H3;6-7H,5H2,1-4H3. The van der Waals surface area contributed by atoms with Crippen molar-refractivity contribution in [1.29, 1.82) is 0 Å². The van der Waals surface area contributed by atoms with Gasteiger partial charge in [0.1, 0.15) is 11.6 Å². The number of ketones is 2. The van der Waals surface area contributed by atoms with Crippen LogP contribution >= 0.6 is 0 Å². The fourth-order valence-corrected chi connectivity index (χ4v) is 6.86. The first kappa shape index (κ1) is 109. The van der Waals surface area contributed by atoms with Crippen molar-refractivity contribution in [3.8, 4) is 0 Å². The van der Waals surface area contributed by atoms with E-state index in [1.165, 1.54) is 34.1 Å². The van der Waals surface area contributed by atoms with Gasteiger partial charge in [0.25, 0.3) is 0 Å². The van der Waals surface area contributed by atoms with E-state index in [1.54, 1.807) is 13.8 Å². The lowest BCUT2D eigenvalue weighted by atomic mass is 10.0. The highest BCUT2D eigenvalue weighted by Crippen LogP contribution is 2.26. The number of halogens is 2. The summed E-state index contributed by atoms with van der Waals surface area (Å²) in [6.45, 7) is 61.1. The Hall–Kier alpha value is -5.04.